The first-order chi connectivity index (χ1) is 10.3. The molecule has 8 nitrogen and oxygen atoms in total. The quantitative estimate of drug-likeness (QED) is 0.555. The van der Waals surface area contributed by atoms with Crippen LogP contribution in [0.25, 0.3) is 0 Å². The second kappa shape index (κ2) is 12.2. The SMILES string of the molecule is CCCC(OS(=O)(=O)O)C(C)C.CCCCC(C)OS(=O)(=O)O. The first-order valence-corrected chi connectivity index (χ1v) is 10.4. The summed E-state index contributed by atoms with van der Waals surface area (Å²) in [6, 6.07) is 0. The van der Waals surface area contributed by atoms with E-state index in [1.165, 1.54) is 0 Å². The van der Waals surface area contributed by atoms with Gasteiger partial charge >= 0.3 is 20.8 Å². The normalized spacial score (nSPS) is 15.0. The molecule has 0 aliphatic carbocycles. The highest BCUT2D eigenvalue weighted by atomic mass is 32.3. The summed E-state index contributed by atoms with van der Waals surface area (Å²) in [6.45, 7) is 9.25. The van der Waals surface area contributed by atoms with Crippen molar-refractivity contribution >= 4 is 20.8 Å². The second-order valence-corrected chi connectivity index (χ2v) is 7.67. The minimum absolute atomic E-state index is 0.0897. The lowest BCUT2D eigenvalue weighted by Gasteiger charge is -2.17. The zero-order chi connectivity index (χ0) is 18.7. The van der Waals surface area contributed by atoms with Crippen molar-refractivity contribution in [3.63, 3.8) is 0 Å². The predicted octanol–water partition coefficient (Wildman–Crippen LogP) is 3.02. The lowest BCUT2D eigenvalue weighted by atomic mass is 10.0. The molecule has 0 aromatic heterocycles. The first kappa shape index (κ1) is 25.0. The summed E-state index contributed by atoms with van der Waals surface area (Å²) in [6.07, 6.45) is 3.16. The van der Waals surface area contributed by atoms with Gasteiger partial charge in [0.2, 0.25) is 0 Å². The van der Waals surface area contributed by atoms with Crippen LogP contribution in [-0.2, 0) is 29.2 Å². The van der Waals surface area contributed by atoms with Crippen molar-refractivity contribution in [2.75, 3.05) is 0 Å². The van der Waals surface area contributed by atoms with Crippen LogP contribution in [0.5, 0.6) is 0 Å². The lowest BCUT2D eigenvalue weighted by molar-refractivity contribution is 0.129. The average molecular weight is 379 g/mol. The van der Waals surface area contributed by atoms with Crippen LogP contribution in [0.2, 0.25) is 0 Å². The van der Waals surface area contributed by atoms with Crippen molar-refractivity contribution in [1.82, 2.24) is 0 Å². The van der Waals surface area contributed by atoms with Gasteiger partial charge in [0.05, 0.1) is 12.2 Å². The molecule has 0 rings (SSSR count). The van der Waals surface area contributed by atoms with Crippen LogP contribution < -0.4 is 0 Å². The Labute approximate surface area is 140 Å². The number of rotatable bonds is 10. The highest BCUT2D eigenvalue weighted by Gasteiger charge is 2.19. The lowest BCUT2D eigenvalue weighted by Crippen LogP contribution is -2.23. The second-order valence-electron chi connectivity index (χ2n) is 5.57. The minimum atomic E-state index is -4.29. The third-order valence-electron chi connectivity index (χ3n) is 2.81. The predicted molar refractivity (Wildman–Crippen MR) is 87.8 cm³/mol. The van der Waals surface area contributed by atoms with Gasteiger partial charge in [0.15, 0.2) is 0 Å². The van der Waals surface area contributed by atoms with Crippen LogP contribution in [0.15, 0.2) is 0 Å². The summed E-state index contributed by atoms with van der Waals surface area (Å²) < 4.78 is 66.4. The monoisotopic (exact) mass is 378 g/mol. The maximum absolute atomic E-state index is 10.4. The van der Waals surface area contributed by atoms with E-state index in [0.29, 0.717) is 12.8 Å². The summed E-state index contributed by atoms with van der Waals surface area (Å²) in [5, 5.41) is 0. The molecule has 10 heteroatoms. The maximum atomic E-state index is 10.4. The maximum Gasteiger partial charge on any atom is 0.397 e. The molecule has 0 aromatic rings. The number of unbranched alkanes of at least 4 members (excludes halogenated alkanes) is 1. The summed E-state index contributed by atoms with van der Waals surface area (Å²) in [5.41, 5.74) is 0. The van der Waals surface area contributed by atoms with Crippen molar-refractivity contribution in [2.45, 2.75) is 78.9 Å². The molecule has 2 atom stereocenters. The fourth-order valence-electron chi connectivity index (χ4n) is 1.68. The third kappa shape index (κ3) is 19.7. The summed E-state index contributed by atoms with van der Waals surface area (Å²) in [5.74, 6) is 0.0897. The number of hydrogen-bond acceptors (Lipinski definition) is 6. The van der Waals surface area contributed by atoms with Crippen LogP contribution in [0, 0.1) is 5.92 Å². The molecular weight excluding hydrogens is 348 g/mol. The van der Waals surface area contributed by atoms with E-state index in [1.54, 1.807) is 6.92 Å². The van der Waals surface area contributed by atoms with E-state index in [2.05, 4.69) is 8.37 Å². The smallest absolute Gasteiger partial charge is 0.264 e. The Morgan fingerprint density at radius 2 is 1.30 bits per heavy atom. The van der Waals surface area contributed by atoms with Crippen molar-refractivity contribution in [3.8, 4) is 0 Å². The molecule has 23 heavy (non-hydrogen) atoms. The first-order valence-electron chi connectivity index (χ1n) is 7.63. The van der Waals surface area contributed by atoms with E-state index in [0.717, 1.165) is 19.3 Å². The molecule has 0 spiro atoms. The zero-order valence-electron chi connectivity index (χ0n) is 14.4. The molecule has 0 saturated heterocycles. The van der Waals surface area contributed by atoms with Gasteiger partial charge in [0.25, 0.3) is 0 Å². The van der Waals surface area contributed by atoms with E-state index < -0.39 is 33.0 Å². The van der Waals surface area contributed by atoms with Crippen molar-refractivity contribution in [2.24, 2.45) is 5.92 Å². The topological polar surface area (TPSA) is 127 Å². The molecule has 0 aliphatic heterocycles. The van der Waals surface area contributed by atoms with Gasteiger partial charge in [-0.1, -0.05) is 47.0 Å². The molecule has 142 valence electrons. The van der Waals surface area contributed by atoms with Gasteiger partial charge in [-0.15, -0.1) is 0 Å². The van der Waals surface area contributed by atoms with Gasteiger partial charge in [0.1, 0.15) is 0 Å². The molecule has 2 N–H and O–H groups in total. The fourth-order valence-corrected chi connectivity index (χ4v) is 2.82. The fraction of sp³-hybridized carbons (Fsp3) is 1.00. The van der Waals surface area contributed by atoms with Crippen LogP contribution in [0.1, 0.15) is 66.7 Å². The Hall–Kier alpha value is -0.260. The molecule has 0 aromatic carbocycles. The molecular formula is C13H30O8S2. The van der Waals surface area contributed by atoms with Crippen LogP contribution in [-0.4, -0.2) is 38.1 Å². The van der Waals surface area contributed by atoms with Gasteiger partial charge in [-0.25, -0.2) is 8.37 Å². The standard InChI is InChI=1S/C7H16O4S.C6H14O4S/c1-4-5-7(6(2)3)11-12(8,9)10;1-3-4-5-6(2)10-11(7,8)9/h6-7H,4-5H2,1-3H3,(H,8,9,10);6H,3-5H2,1-2H3,(H,7,8,9). The molecule has 0 bridgehead atoms. The van der Waals surface area contributed by atoms with Crippen LogP contribution >= 0.6 is 0 Å². The zero-order valence-corrected chi connectivity index (χ0v) is 16.1. The Morgan fingerprint density at radius 3 is 1.61 bits per heavy atom. The number of hydrogen-bond donors (Lipinski definition) is 2. The van der Waals surface area contributed by atoms with E-state index in [1.807, 2.05) is 27.7 Å². The molecule has 0 saturated carbocycles. The Kier molecular flexibility index (Phi) is 13.2. The average Bonchev–Trinajstić information content (AvgIpc) is 2.33. The van der Waals surface area contributed by atoms with Gasteiger partial charge in [0, 0.05) is 0 Å². The van der Waals surface area contributed by atoms with Crippen LogP contribution in [0.4, 0.5) is 0 Å². The van der Waals surface area contributed by atoms with E-state index in [9.17, 15) is 16.8 Å². The highest BCUT2D eigenvalue weighted by Crippen LogP contribution is 2.14. The molecule has 0 radical (unpaired) electrons. The van der Waals surface area contributed by atoms with Crippen molar-refractivity contribution < 1.29 is 34.3 Å². The molecule has 2 unspecified atom stereocenters. The summed E-state index contributed by atoms with van der Waals surface area (Å²) >= 11 is 0. The van der Waals surface area contributed by atoms with Gasteiger partial charge in [-0.05, 0) is 25.7 Å². The van der Waals surface area contributed by atoms with Crippen molar-refractivity contribution in [3.05, 3.63) is 0 Å². The Morgan fingerprint density at radius 1 is 0.826 bits per heavy atom. The Balaban J connectivity index is 0. The third-order valence-corrected chi connectivity index (χ3v) is 3.87. The van der Waals surface area contributed by atoms with E-state index in [4.69, 9.17) is 9.11 Å². The largest absolute Gasteiger partial charge is 0.397 e. The van der Waals surface area contributed by atoms with Crippen LogP contribution in [0.3, 0.4) is 0 Å². The van der Waals surface area contributed by atoms with Crippen molar-refractivity contribution in [1.29, 1.82) is 0 Å². The molecule has 0 fully saturated rings. The molecule has 0 amide bonds. The van der Waals surface area contributed by atoms with Gasteiger partial charge in [-0.3, -0.25) is 9.11 Å². The van der Waals surface area contributed by atoms with E-state index in [-0.39, 0.29) is 5.92 Å². The highest BCUT2D eigenvalue weighted by molar-refractivity contribution is 7.81. The Bertz CT molecular complexity index is 484. The molecule has 0 aliphatic rings. The van der Waals surface area contributed by atoms with Gasteiger partial charge < -0.3 is 0 Å². The summed E-state index contributed by atoms with van der Waals surface area (Å²) in [4.78, 5) is 0. The van der Waals surface area contributed by atoms with Gasteiger partial charge in [-0.2, -0.15) is 16.8 Å². The molecule has 0 heterocycles. The minimum Gasteiger partial charge on any atom is -0.264 e. The van der Waals surface area contributed by atoms with E-state index >= 15 is 0 Å². The summed E-state index contributed by atoms with van der Waals surface area (Å²) in [7, 11) is -8.54.